The maximum absolute atomic E-state index is 13.5. The first kappa shape index (κ1) is 15.1. The summed E-state index contributed by atoms with van der Waals surface area (Å²) < 4.78 is 13.5. The van der Waals surface area contributed by atoms with Gasteiger partial charge in [0.2, 0.25) is 0 Å². The zero-order valence-electron chi connectivity index (χ0n) is 11.7. The molecule has 0 amide bonds. The Morgan fingerprint density at radius 3 is 2.72 bits per heavy atom. The smallest absolute Gasteiger partial charge is 0.127 e. The van der Waals surface area contributed by atoms with E-state index in [1.54, 1.807) is 6.07 Å². The summed E-state index contributed by atoms with van der Waals surface area (Å²) in [4.78, 5) is 2.17. The van der Waals surface area contributed by atoms with Gasteiger partial charge in [0.15, 0.2) is 0 Å². The van der Waals surface area contributed by atoms with Crippen LogP contribution in [0.1, 0.15) is 32.3 Å². The van der Waals surface area contributed by atoms with Crippen LogP contribution in [0.5, 0.6) is 0 Å². The van der Waals surface area contributed by atoms with Crippen LogP contribution in [0.4, 0.5) is 4.39 Å². The Balaban J connectivity index is 2.29. The molecule has 0 aromatic heterocycles. The predicted octanol–water partition coefficient (Wildman–Crippen LogP) is 3.04. The molecule has 1 rings (SSSR count). The van der Waals surface area contributed by atoms with Crippen molar-refractivity contribution in [3.05, 3.63) is 35.6 Å². The largest absolute Gasteiger partial charge is 0.314 e. The van der Waals surface area contributed by atoms with Crippen LogP contribution in [0.15, 0.2) is 24.3 Å². The van der Waals surface area contributed by atoms with Crippen LogP contribution in [0.25, 0.3) is 0 Å². The number of rotatable bonds is 8. The van der Waals surface area contributed by atoms with Crippen molar-refractivity contribution in [3.63, 3.8) is 0 Å². The molecule has 102 valence electrons. The molecule has 1 aromatic rings. The second kappa shape index (κ2) is 8.22. The van der Waals surface area contributed by atoms with Crippen molar-refractivity contribution in [1.82, 2.24) is 10.2 Å². The van der Waals surface area contributed by atoms with E-state index in [2.05, 4.69) is 24.1 Å². The number of nitrogens with zero attached hydrogens (tertiary/aromatic N) is 1. The van der Waals surface area contributed by atoms with Gasteiger partial charge in [0, 0.05) is 18.2 Å². The fourth-order valence-electron chi connectivity index (χ4n) is 1.90. The quantitative estimate of drug-likeness (QED) is 0.765. The van der Waals surface area contributed by atoms with Gasteiger partial charge < -0.3 is 10.2 Å². The SMILES string of the molecule is CCCNC(C)CCN(C)Cc1ccccc1F. The van der Waals surface area contributed by atoms with Crippen molar-refractivity contribution >= 4 is 0 Å². The highest BCUT2D eigenvalue weighted by Gasteiger charge is 2.06. The van der Waals surface area contributed by atoms with E-state index >= 15 is 0 Å². The van der Waals surface area contributed by atoms with Gasteiger partial charge in [-0.1, -0.05) is 25.1 Å². The van der Waals surface area contributed by atoms with E-state index in [9.17, 15) is 4.39 Å². The second-order valence-electron chi connectivity index (χ2n) is 4.97. The molecule has 0 spiro atoms. The molecule has 1 unspecified atom stereocenters. The van der Waals surface area contributed by atoms with Gasteiger partial charge >= 0.3 is 0 Å². The van der Waals surface area contributed by atoms with E-state index in [0.717, 1.165) is 31.5 Å². The summed E-state index contributed by atoms with van der Waals surface area (Å²) >= 11 is 0. The van der Waals surface area contributed by atoms with Gasteiger partial charge in [-0.05, 0) is 46.0 Å². The van der Waals surface area contributed by atoms with Gasteiger partial charge in [-0.15, -0.1) is 0 Å². The average Bonchev–Trinajstić information content (AvgIpc) is 2.36. The van der Waals surface area contributed by atoms with Crippen molar-refractivity contribution in [3.8, 4) is 0 Å². The highest BCUT2D eigenvalue weighted by Crippen LogP contribution is 2.09. The van der Waals surface area contributed by atoms with E-state index < -0.39 is 0 Å². The summed E-state index contributed by atoms with van der Waals surface area (Å²) in [5.74, 6) is -0.110. The number of nitrogens with one attached hydrogen (secondary N) is 1. The molecule has 0 saturated heterocycles. The summed E-state index contributed by atoms with van der Waals surface area (Å²) in [5, 5.41) is 3.46. The zero-order valence-corrected chi connectivity index (χ0v) is 11.7. The van der Waals surface area contributed by atoms with Gasteiger partial charge in [0.25, 0.3) is 0 Å². The van der Waals surface area contributed by atoms with Gasteiger partial charge in [-0.3, -0.25) is 0 Å². The third-order valence-corrected chi connectivity index (χ3v) is 3.08. The van der Waals surface area contributed by atoms with Crippen LogP contribution in [-0.2, 0) is 6.54 Å². The topological polar surface area (TPSA) is 15.3 Å². The summed E-state index contributed by atoms with van der Waals surface area (Å²) in [6.45, 7) is 7.09. The molecule has 0 aliphatic carbocycles. The summed E-state index contributed by atoms with van der Waals surface area (Å²) in [5.41, 5.74) is 0.772. The standard InChI is InChI=1S/C15H25FN2/c1-4-10-17-13(2)9-11-18(3)12-14-7-5-6-8-15(14)16/h5-8,13,17H,4,9-12H2,1-3H3. The summed E-state index contributed by atoms with van der Waals surface area (Å²) in [6, 6.07) is 7.51. The molecule has 1 atom stereocenters. The van der Waals surface area contributed by atoms with Crippen LogP contribution in [0.3, 0.4) is 0 Å². The Morgan fingerprint density at radius 1 is 1.33 bits per heavy atom. The molecule has 1 N–H and O–H groups in total. The molecular weight excluding hydrogens is 227 g/mol. The second-order valence-corrected chi connectivity index (χ2v) is 4.97. The Morgan fingerprint density at radius 2 is 2.06 bits per heavy atom. The third kappa shape index (κ3) is 5.61. The number of halogens is 1. The fraction of sp³-hybridized carbons (Fsp3) is 0.600. The predicted molar refractivity (Wildman–Crippen MR) is 75.1 cm³/mol. The monoisotopic (exact) mass is 252 g/mol. The molecule has 0 saturated carbocycles. The average molecular weight is 252 g/mol. The lowest BCUT2D eigenvalue weighted by atomic mass is 10.2. The Bertz CT molecular complexity index is 341. The molecule has 0 aliphatic heterocycles. The molecule has 18 heavy (non-hydrogen) atoms. The number of benzene rings is 1. The van der Waals surface area contributed by atoms with E-state index in [4.69, 9.17) is 0 Å². The van der Waals surface area contributed by atoms with E-state index in [0.29, 0.717) is 12.6 Å². The summed E-state index contributed by atoms with van der Waals surface area (Å²) in [7, 11) is 2.04. The number of hydrogen-bond acceptors (Lipinski definition) is 2. The molecule has 1 aromatic carbocycles. The molecule has 3 heteroatoms. The normalized spacial score (nSPS) is 12.9. The van der Waals surface area contributed by atoms with E-state index in [1.807, 2.05) is 19.2 Å². The van der Waals surface area contributed by atoms with E-state index in [1.165, 1.54) is 6.07 Å². The van der Waals surface area contributed by atoms with Crippen molar-refractivity contribution < 1.29 is 4.39 Å². The Kier molecular flexibility index (Phi) is 6.91. The highest BCUT2D eigenvalue weighted by atomic mass is 19.1. The molecular formula is C15H25FN2. The van der Waals surface area contributed by atoms with Crippen LogP contribution in [0, 0.1) is 5.82 Å². The first-order valence-electron chi connectivity index (χ1n) is 6.78. The molecule has 0 aliphatic rings. The molecule has 0 radical (unpaired) electrons. The van der Waals surface area contributed by atoms with Crippen molar-refractivity contribution in [2.24, 2.45) is 0 Å². The maximum atomic E-state index is 13.5. The molecule has 0 heterocycles. The molecule has 0 bridgehead atoms. The van der Waals surface area contributed by atoms with Gasteiger partial charge in [0.1, 0.15) is 5.82 Å². The van der Waals surface area contributed by atoms with Crippen LogP contribution < -0.4 is 5.32 Å². The first-order chi connectivity index (χ1) is 8.63. The third-order valence-electron chi connectivity index (χ3n) is 3.08. The summed E-state index contributed by atoms with van der Waals surface area (Å²) in [6.07, 6.45) is 2.25. The van der Waals surface area contributed by atoms with Gasteiger partial charge in [-0.25, -0.2) is 4.39 Å². The lowest BCUT2D eigenvalue weighted by molar-refractivity contribution is 0.299. The lowest BCUT2D eigenvalue weighted by Crippen LogP contribution is -2.31. The van der Waals surface area contributed by atoms with Crippen molar-refractivity contribution in [1.29, 1.82) is 0 Å². The van der Waals surface area contributed by atoms with Crippen molar-refractivity contribution in [2.45, 2.75) is 39.3 Å². The lowest BCUT2D eigenvalue weighted by Gasteiger charge is -2.20. The maximum Gasteiger partial charge on any atom is 0.127 e. The van der Waals surface area contributed by atoms with E-state index in [-0.39, 0.29) is 5.82 Å². The first-order valence-corrected chi connectivity index (χ1v) is 6.78. The molecule has 2 nitrogen and oxygen atoms in total. The van der Waals surface area contributed by atoms with Crippen LogP contribution in [0.2, 0.25) is 0 Å². The highest BCUT2D eigenvalue weighted by molar-refractivity contribution is 5.16. The van der Waals surface area contributed by atoms with Crippen LogP contribution in [-0.4, -0.2) is 31.1 Å². The molecule has 0 fully saturated rings. The van der Waals surface area contributed by atoms with Gasteiger partial charge in [0.05, 0.1) is 0 Å². The Hall–Kier alpha value is -0.930. The minimum Gasteiger partial charge on any atom is -0.314 e. The minimum absolute atomic E-state index is 0.110. The zero-order chi connectivity index (χ0) is 13.4. The van der Waals surface area contributed by atoms with Crippen LogP contribution >= 0.6 is 0 Å². The van der Waals surface area contributed by atoms with Crippen molar-refractivity contribution in [2.75, 3.05) is 20.1 Å². The fourth-order valence-corrected chi connectivity index (χ4v) is 1.90. The number of hydrogen-bond donors (Lipinski definition) is 1. The minimum atomic E-state index is -0.110. The van der Waals surface area contributed by atoms with Gasteiger partial charge in [-0.2, -0.15) is 0 Å². The Labute approximate surface area is 110 Å².